The molecule has 28 heavy (non-hydrogen) atoms. The Bertz CT molecular complexity index is 1020. The number of fused-ring (bicyclic) bond motifs is 1. The van der Waals surface area contributed by atoms with Crippen molar-refractivity contribution in [2.45, 2.75) is 4.90 Å². The zero-order valence-electron chi connectivity index (χ0n) is 14.6. The molecule has 10 heteroatoms. The van der Waals surface area contributed by atoms with Crippen molar-refractivity contribution in [3.63, 3.8) is 0 Å². The highest BCUT2D eigenvalue weighted by molar-refractivity contribution is 7.89. The summed E-state index contributed by atoms with van der Waals surface area (Å²) in [5, 5.41) is 0. The summed E-state index contributed by atoms with van der Waals surface area (Å²) in [5.41, 5.74) is -0.0918. The smallest absolute Gasteiger partial charge is 0.343 e. The Kier molecular flexibility index (Phi) is 4.92. The number of carbonyl (C=O) groups excluding carboxylic acids is 1. The van der Waals surface area contributed by atoms with Crippen LogP contribution >= 0.6 is 0 Å². The second-order valence-corrected chi connectivity index (χ2v) is 7.97. The first-order valence-electron chi connectivity index (χ1n) is 8.44. The SMILES string of the molecule is O=C(Oc1ccc2c(c1)OCO2)c1ccc(F)c(S(=O)(=O)N2CCOCC2)c1. The summed E-state index contributed by atoms with van der Waals surface area (Å²) in [5.74, 6) is -0.611. The van der Waals surface area contributed by atoms with E-state index >= 15 is 0 Å². The Labute approximate surface area is 160 Å². The molecule has 0 radical (unpaired) electrons. The van der Waals surface area contributed by atoms with Gasteiger partial charge < -0.3 is 18.9 Å². The van der Waals surface area contributed by atoms with Crippen LogP contribution in [0.25, 0.3) is 0 Å². The topological polar surface area (TPSA) is 91.4 Å². The maximum absolute atomic E-state index is 14.2. The predicted molar refractivity (Wildman–Crippen MR) is 93.5 cm³/mol. The number of sulfonamides is 1. The van der Waals surface area contributed by atoms with Gasteiger partial charge in [0.15, 0.2) is 11.5 Å². The molecule has 2 aliphatic rings. The minimum atomic E-state index is -4.10. The lowest BCUT2D eigenvalue weighted by Gasteiger charge is -2.26. The van der Waals surface area contributed by atoms with E-state index in [1.807, 2.05) is 0 Å². The van der Waals surface area contributed by atoms with Gasteiger partial charge in [0.05, 0.1) is 18.8 Å². The second-order valence-electron chi connectivity index (χ2n) is 6.07. The maximum atomic E-state index is 14.2. The average Bonchev–Trinajstić information content (AvgIpc) is 3.16. The summed E-state index contributed by atoms with van der Waals surface area (Å²) >= 11 is 0. The first kappa shape index (κ1) is 18.7. The molecule has 0 spiro atoms. The van der Waals surface area contributed by atoms with Crippen molar-refractivity contribution in [1.29, 1.82) is 0 Å². The van der Waals surface area contributed by atoms with Gasteiger partial charge in [0, 0.05) is 19.2 Å². The largest absolute Gasteiger partial charge is 0.454 e. The molecule has 0 saturated carbocycles. The van der Waals surface area contributed by atoms with E-state index in [0.717, 1.165) is 16.4 Å². The molecule has 2 aromatic rings. The molecule has 4 rings (SSSR count). The number of hydrogen-bond acceptors (Lipinski definition) is 7. The van der Waals surface area contributed by atoms with E-state index < -0.39 is 26.7 Å². The highest BCUT2D eigenvalue weighted by Gasteiger charge is 2.30. The van der Waals surface area contributed by atoms with Gasteiger partial charge >= 0.3 is 5.97 Å². The Morgan fingerprint density at radius 2 is 1.79 bits per heavy atom. The monoisotopic (exact) mass is 409 g/mol. The minimum Gasteiger partial charge on any atom is -0.454 e. The zero-order chi connectivity index (χ0) is 19.7. The summed E-state index contributed by atoms with van der Waals surface area (Å²) < 4.78 is 61.6. The molecule has 0 amide bonds. The van der Waals surface area contributed by atoms with Crippen molar-refractivity contribution in [3.05, 3.63) is 47.8 Å². The van der Waals surface area contributed by atoms with Crippen LogP contribution in [0.5, 0.6) is 17.2 Å². The minimum absolute atomic E-state index is 0.0768. The number of carbonyl (C=O) groups is 1. The number of benzene rings is 2. The van der Waals surface area contributed by atoms with Crippen LogP contribution in [0.3, 0.4) is 0 Å². The van der Waals surface area contributed by atoms with Crippen LogP contribution in [-0.2, 0) is 14.8 Å². The fraction of sp³-hybridized carbons (Fsp3) is 0.278. The van der Waals surface area contributed by atoms with Crippen molar-refractivity contribution in [2.75, 3.05) is 33.1 Å². The van der Waals surface area contributed by atoms with Crippen LogP contribution in [0.2, 0.25) is 0 Å². The lowest BCUT2D eigenvalue weighted by molar-refractivity contribution is 0.0726. The first-order valence-corrected chi connectivity index (χ1v) is 9.88. The third kappa shape index (κ3) is 3.53. The van der Waals surface area contributed by atoms with Crippen LogP contribution < -0.4 is 14.2 Å². The normalized spacial score (nSPS) is 16.8. The number of nitrogens with zero attached hydrogens (tertiary/aromatic N) is 1. The molecule has 0 atom stereocenters. The predicted octanol–water partition coefficient (Wildman–Crippen LogP) is 1.79. The molecular formula is C18H16FNO7S. The van der Waals surface area contributed by atoms with Crippen molar-refractivity contribution in [1.82, 2.24) is 4.31 Å². The number of morpholine rings is 1. The number of ether oxygens (including phenoxy) is 4. The Hall–Kier alpha value is -2.69. The maximum Gasteiger partial charge on any atom is 0.343 e. The number of esters is 1. The van der Waals surface area contributed by atoms with Gasteiger partial charge in [0.1, 0.15) is 16.5 Å². The zero-order valence-corrected chi connectivity index (χ0v) is 15.4. The van der Waals surface area contributed by atoms with Gasteiger partial charge in [0.25, 0.3) is 0 Å². The Balaban J connectivity index is 1.58. The van der Waals surface area contributed by atoms with E-state index in [1.54, 1.807) is 6.07 Å². The highest BCUT2D eigenvalue weighted by atomic mass is 32.2. The van der Waals surface area contributed by atoms with Gasteiger partial charge in [-0.2, -0.15) is 4.31 Å². The standard InChI is InChI=1S/C18H16FNO7S/c19-14-3-1-12(9-17(14)28(22,23)20-5-7-24-8-6-20)18(21)27-13-2-4-15-16(10-13)26-11-25-15/h1-4,9-10H,5-8,11H2. The molecule has 0 bridgehead atoms. The fourth-order valence-electron chi connectivity index (χ4n) is 2.86. The molecular weight excluding hydrogens is 393 g/mol. The Morgan fingerprint density at radius 1 is 1.04 bits per heavy atom. The fourth-order valence-corrected chi connectivity index (χ4v) is 4.36. The van der Waals surface area contributed by atoms with E-state index in [2.05, 4.69) is 0 Å². The number of rotatable bonds is 4. The van der Waals surface area contributed by atoms with Crippen LogP contribution in [-0.4, -0.2) is 51.8 Å². The molecule has 8 nitrogen and oxygen atoms in total. The number of halogens is 1. The second kappa shape index (κ2) is 7.38. The van der Waals surface area contributed by atoms with Crippen molar-refractivity contribution in [2.24, 2.45) is 0 Å². The van der Waals surface area contributed by atoms with Gasteiger partial charge in [0.2, 0.25) is 16.8 Å². The quantitative estimate of drug-likeness (QED) is 0.562. The highest BCUT2D eigenvalue weighted by Crippen LogP contribution is 2.35. The summed E-state index contributed by atoms with van der Waals surface area (Å²) in [6.45, 7) is 0.772. The van der Waals surface area contributed by atoms with E-state index in [-0.39, 0.29) is 44.4 Å². The third-order valence-electron chi connectivity index (χ3n) is 4.31. The van der Waals surface area contributed by atoms with Crippen LogP contribution in [0, 0.1) is 5.82 Å². The lowest BCUT2D eigenvalue weighted by atomic mass is 10.2. The molecule has 0 unspecified atom stereocenters. The van der Waals surface area contributed by atoms with E-state index in [4.69, 9.17) is 18.9 Å². The summed E-state index contributed by atoms with van der Waals surface area (Å²) in [7, 11) is -4.10. The molecule has 2 aliphatic heterocycles. The molecule has 148 valence electrons. The van der Waals surface area contributed by atoms with Gasteiger partial charge in [-0.15, -0.1) is 0 Å². The molecule has 2 aromatic carbocycles. The van der Waals surface area contributed by atoms with Crippen molar-refractivity contribution in [3.8, 4) is 17.2 Å². The van der Waals surface area contributed by atoms with Crippen LogP contribution in [0.1, 0.15) is 10.4 Å². The van der Waals surface area contributed by atoms with E-state index in [9.17, 15) is 17.6 Å². The van der Waals surface area contributed by atoms with E-state index in [1.165, 1.54) is 18.2 Å². The van der Waals surface area contributed by atoms with Crippen molar-refractivity contribution >= 4 is 16.0 Å². The number of hydrogen-bond donors (Lipinski definition) is 0. The molecule has 2 heterocycles. The summed E-state index contributed by atoms with van der Waals surface area (Å²) in [6, 6.07) is 7.67. The summed E-state index contributed by atoms with van der Waals surface area (Å²) in [4.78, 5) is 11.9. The molecule has 1 saturated heterocycles. The van der Waals surface area contributed by atoms with E-state index in [0.29, 0.717) is 11.5 Å². The van der Waals surface area contributed by atoms with Gasteiger partial charge in [-0.3, -0.25) is 0 Å². The van der Waals surface area contributed by atoms with Gasteiger partial charge in [-0.1, -0.05) is 0 Å². The molecule has 0 N–H and O–H groups in total. The first-order chi connectivity index (χ1) is 13.4. The Morgan fingerprint density at radius 3 is 2.57 bits per heavy atom. The molecule has 0 aliphatic carbocycles. The average molecular weight is 409 g/mol. The van der Waals surface area contributed by atoms with Crippen LogP contribution in [0.4, 0.5) is 4.39 Å². The molecule has 1 fully saturated rings. The van der Waals surface area contributed by atoms with Gasteiger partial charge in [-0.25, -0.2) is 17.6 Å². The third-order valence-corrected chi connectivity index (χ3v) is 6.22. The summed E-state index contributed by atoms with van der Waals surface area (Å²) in [6.07, 6.45) is 0. The van der Waals surface area contributed by atoms with Crippen LogP contribution in [0.15, 0.2) is 41.3 Å². The molecule has 0 aromatic heterocycles. The lowest BCUT2D eigenvalue weighted by Crippen LogP contribution is -2.41. The van der Waals surface area contributed by atoms with Gasteiger partial charge in [-0.05, 0) is 30.3 Å². The van der Waals surface area contributed by atoms with Crippen molar-refractivity contribution < 1.29 is 36.6 Å².